The molecule has 0 aliphatic rings. The number of hydrogen-bond donors (Lipinski definition) is 2. The van der Waals surface area contributed by atoms with Crippen molar-refractivity contribution in [3.8, 4) is 5.75 Å². The second-order valence-corrected chi connectivity index (χ2v) is 11.5. The van der Waals surface area contributed by atoms with Gasteiger partial charge in [-0.05, 0) is 94.8 Å². The summed E-state index contributed by atoms with van der Waals surface area (Å²) in [6, 6.07) is 10.7. The predicted octanol–water partition coefficient (Wildman–Crippen LogP) is 6.56. The summed E-state index contributed by atoms with van der Waals surface area (Å²) in [7, 11) is 1.58. The van der Waals surface area contributed by atoms with Crippen molar-refractivity contribution in [2.75, 3.05) is 12.4 Å². The fourth-order valence-electron chi connectivity index (χ4n) is 4.33. The second kappa shape index (κ2) is 14.2. The minimum Gasteiger partial charge on any atom is -0.497 e. The summed E-state index contributed by atoms with van der Waals surface area (Å²) in [5, 5.41) is 5.81. The highest BCUT2D eigenvalue weighted by Crippen LogP contribution is 2.30. The third kappa shape index (κ3) is 8.73. The van der Waals surface area contributed by atoms with E-state index >= 15 is 0 Å². The first-order valence-electron chi connectivity index (χ1n) is 14.1. The molecule has 2 rings (SSSR count). The number of aryl methyl sites for hydroxylation is 2. The molecule has 8 heteroatoms. The smallest absolute Gasteiger partial charge is 0.408 e. The van der Waals surface area contributed by atoms with Crippen LogP contribution in [-0.4, -0.2) is 47.6 Å². The molecule has 0 radical (unpaired) electrons. The molecule has 4 unspecified atom stereocenters. The first-order valence-corrected chi connectivity index (χ1v) is 14.1. The molecule has 8 nitrogen and oxygen atoms in total. The quantitative estimate of drug-likeness (QED) is 0.329. The van der Waals surface area contributed by atoms with Crippen LogP contribution in [0.4, 0.5) is 10.5 Å². The van der Waals surface area contributed by atoms with Crippen LogP contribution in [0.5, 0.6) is 5.75 Å². The van der Waals surface area contributed by atoms with E-state index in [4.69, 9.17) is 9.47 Å². The summed E-state index contributed by atoms with van der Waals surface area (Å²) in [5.74, 6) is -0.203. The van der Waals surface area contributed by atoms with Gasteiger partial charge in [0.25, 0.3) is 5.91 Å². The molecule has 2 N–H and O–H groups in total. The molecule has 0 aliphatic carbocycles. The van der Waals surface area contributed by atoms with Crippen LogP contribution in [0.25, 0.3) is 0 Å². The van der Waals surface area contributed by atoms with E-state index in [1.807, 2.05) is 59.7 Å². The molecular formula is C32H47N3O5. The van der Waals surface area contributed by atoms with Gasteiger partial charge in [0, 0.05) is 11.7 Å². The molecule has 0 heterocycles. The van der Waals surface area contributed by atoms with Crippen LogP contribution in [0.15, 0.2) is 42.5 Å². The lowest BCUT2D eigenvalue weighted by Crippen LogP contribution is -2.56. The van der Waals surface area contributed by atoms with Crippen molar-refractivity contribution in [2.24, 2.45) is 5.92 Å². The van der Waals surface area contributed by atoms with Crippen LogP contribution in [0.2, 0.25) is 0 Å². The van der Waals surface area contributed by atoms with E-state index in [2.05, 4.69) is 10.6 Å². The molecule has 2 aromatic carbocycles. The molecule has 220 valence electrons. The minimum atomic E-state index is -0.934. The van der Waals surface area contributed by atoms with E-state index in [1.165, 1.54) is 0 Å². The SMILES string of the molecule is CCC(C)C(NC(=O)OC(C)(C)C)C(=O)N(C(C)CC)C(C(=O)Nc1ccc(OC)cc1)c1ccc(C)c(C)c1. The lowest BCUT2D eigenvalue weighted by molar-refractivity contribution is -0.144. The number of methoxy groups -OCH3 is 1. The van der Waals surface area contributed by atoms with Crippen LogP contribution in [-0.2, 0) is 14.3 Å². The van der Waals surface area contributed by atoms with Crippen LogP contribution < -0.4 is 15.4 Å². The molecule has 0 saturated carbocycles. The molecule has 0 fully saturated rings. The van der Waals surface area contributed by atoms with Gasteiger partial charge in [0.1, 0.15) is 23.4 Å². The maximum absolute atomic E-state index is 14.4. The average molecular weight is 554 g/mol. The Morgan fingerprint density at radius 3 is 2.05 bits per heavy atom. The number of anilines is 1. The number of rotatable bonds is 11. The van der Waals surface area contributed by atoms with Gasteiger partial charge in [-0.2, -0.15) is 0 Å². The topological polar surface area (TPSA) is 97.0 Å². The molecule has 3 amide bonds. The van der Waals surface area contributed by atoms with Gasteiger partial charge in [-0.15, -0.1) is 0 Å². The van der Waals surface area contributed by atoms with Crippen molar-refractivity contribution >= 4 is 23.6 Å². The van der Waals surface area contributed by atoms with Crippen molar-refractivity contribution in [3.63, 3.8) is 0 Å². The molecule has 0 spiro atoms. The van der Waals surface area contributed by atoms with Gasteiger partial charge in [0.2, 0.25) is 5.91 Å². The Labute approximate surface area is 239 Å². The average Bonchev–Trinajstić information content (AvgIpc) is 2.90. The summed E-state index contributed by atoms with van der Waals surface area (Å²) in [4.78, 5) is 42.9. The zero-order valence-electron chi connectivity index (χ0n) is 25.8. The fourth-order valence-corrected chi connectivity index (χ4v) is 4.33. The lowest BCUT2D eigenvalue weighted by Gasteiger charge is -2.39. The maximum Gasteiger partial charge on any atom is 0.408 e. The monoisotopic (exact) mass is 553 g/mol. The van der Waals surface area contributed by atoms with Crippen molar-refractivity contribution in [1.29, 1.82) is 0 Å². The summed E-state index contributed by atoms with van der Waals surface area (Å²) in [6.07, 6.45) is 0.593. The first kappa shape index (κ1) is 32.7. The Bertz CT molecular complexity index is 1160. The summed E-state index contributed by atoms with van der Waals surface area (Å²) in [5.41, 5.74) is 2.67. The zero-order valence-corrected chi connectivity index (χ0v) is 25.8. The molecule has 0 aliphatic heterocycles. The van der Waals surface area contributed by atoms with Crippen LogP contribution in [0, 0.1) is 19.8 Å². The number of carbonyl (C=O) groups is 3. The number of benzene rings is 2. The number of hydrogen-bond acceptors (Lipinski definition) is 5. The number of amides is 3. The standard InChI is InChI=1S/C32H47N3O5/c1-11-20(3)27(34-31(38)40-32(7,8)9)30(37)35(23(6)12-2)28(24-14-13-21(4)22(5)19-24)29(36)33-25-15-17-26(39-10)18-16-25/h13-20,23,27-28H,11-12H2,1-10H3,(H,33,36)(H,34,38). The highest BCUT2D eigenvalue weighted by molar-refractivity contribution is 5.99. The number of nitrogens with zero attached hydrogens (tertiary/aromatic N) is 1. The van der Waals surface area contributed by atoms with E-state index in [0.717, 1.165) is 11.1 Å². The highest BCUT2D eigenvalue weighted by atomic mass is 16.6. The lowest BCUT2D eigenvalue weighted by atomic mass is 9.93. The summed E-state index contributed by atoms with van der Waals surface area (Å²) >= 11 is 0. The highest BCUT2D eigenvalue weighted by Gasteiger charge is 2.40. The number of carbonyl (C=O) groups excluding carboxylic acids is 3. The Morgan fingerprint density at radius 2 is 1.55 bits per heavy atom. The predicted molar refractivity (Wildman–Crippen MR) is 159 cm³/mol. The summed E-state index contributed by atoms with van der Waals surface area (Å²) in [6.45, 7) is 17.1. The zero-order chi connectivity index (χ0) is 30.2. The van der Waals surface area contributed by atoms with Crippen molar-refractivity contribution < 1.29 is 23.9 Å². The largest absolute Gasteiger partial charge is 0.497 e. The van der Waals surface area contributed by atoms with Gasteiger partial charge in [0.15, 0.2) is 0 Å². The molecule has 4 atom stereocenters. The second-order valence-electron chi connectivity index (χ2n) is 11.5. The van der Waals surface area contributed by atoms with Crippen LogP contribution in [0.3, 0.4) is 0 Å². The van der Waals surface area contributed by atoms with E-state index in [0.29, 0.717) is 29.8 Å². The van der Waals surface area contributed by atoms with Gasteiger partial charge in [-0.3, -0.25) is 9.59 Å². The fraction of sp³-hybridized carbons (Fsp3) is 0.531. The molecular weight excluding hydrogens is 506 g/mol. The minimum absolute atomic E-state index is 0.198. The number of alkyl carbamates (subject to hydrolysis) is 1. The van der Waals surface area contributed by atoms with E-state index in [9.17, 15) is 14.4 Å². The summed E-state index contributed by atoms with van der Waals surface area (Å²) < 4.78 is 10.7. The van der Waals surface area contributed by atoms with Crippen molar-refractivity contribution in [3.05, 3.63) is 59.2 Å². The molecule has 40 heavy (non-hydrogen) atoms. The Morgan fingerprint density at radius 1 is 0.925 bits per heavy atom. The van der Waals surface area contributed by atoms with E-state index in [1.54, 1.807) is 57.0 Å². The normalized spacial score (nSPS) is 14.3. The molecule has 0 aromatic heterocycles. The number of ether oxygens (including phenoxy) is 2. The Hall–Kier alpha value is -3.55. The Kier molecular flexibility index (Phi) is 11.6. The molecule has 0 bridgehead atoms. The van der Waals surface area contributed by atoms with Crippen molar-refractivity contribution in [1.82, 2.24) is 10.2 Å². The van der Waals surface area contributed by atoms with Crippen LogP contribution in [0.1, 0.15) is 84.0 Å². The maximum atomic E-state index is 14.4. The van der Waals surface area contributed by atoms with Crippen LogP contribution >= 0.6 is 0 Å². The Balaban J connectivity index is 2.60. The third-order valence-electron chi connectivity index (χ3n) is 7.20. The van der Waals surface area contributed by atoms with Gasteiger partial charge >= 0.3 is 6.09 Å². The van der Waals surface area contributed by atoms with Gasteiger partial charge < -0.3 is 25.0 Å². The van der Waals surface area contributed by atoms with Gasteiger partial charge in [-0.25, -0.2) is 4.79 Å². The number of nitrogens with one attached hydrogen (secondary N) is 2. The first-order chi connectivity index (χ1) is 18.7. The third-order valence-corrected chi connectivity index (χ3v) is 7.20. The van der Waals surface area contributed by atoms with Gasteiger partial charge in [0.05, 0.1) is 7.11 Å². The van der Waals surface area contributed by atoms with E-state index < -0.39 is 23.8 Å². The molecule has 2 aromatic rings. The van der Waals surface area contributed by atoms with Crippen molar-refractivity contribution in [2.45, 2.75) is 98.9 Å². The molecule has 0 saturated heterocycles. The van der Waals surface area contributed by atoms with Gasteiger partial charge in [-0.1, -0.05) is 45.4 Å². The van der Waals surface area contributed by atoms with E-state index in [-0.39, 0.29) is 23.8 Å².